The van der Waals surface area contributed by atoms with Gasteiger partial charge in [0.15, 0.2) is 0 Å². The number of imidazole rings is 2. The molecule has 7 atom stereocenters. The highest BCUT2D eigenvalue weighted by Crippen LogP contribution is 2.48. The average molecular weight is 930 g/mol. The Morgan fingerprint density at radius 1 is 0.912 bits per heavy atom. The molecule has 16 heteroatoms. The number of hydrogen-bond acceptors (Lipinski definition) is 10. The second kappa shape index (κ2) is 18.8. The lowest BCUT2D eigenvalue weighted by molar-refractivity contribution is -0.135. The van der Waals surface area contributed by atoms with Gasteiger partial charge in [-0.2, -0.15) is 0 Å². The van der Waals surface area contributed by atoms with Gasteiger partial charge in [0.05, 0.1) is 65.9 Å². The highest BCUT2D eigenvalue weighted by atomic mass is 19.1. The van der Waals surface area contributed by atoms with Gasteiger partial charge in [0.2, 0.25) is 12.1 Å². The molecule has 5 aliphatic rings. The number of nitrogens with zero attached hydrogens (tertiary/aromatic N) is 5. The third-order valence-corrected chi connectivity index (χ3v) is 14.8. The van der Waals surface area contributed by atoms with Crippen LogP contribution < -0.4 is 15.8 Å². The smallest absolute Gasteiger partial charge is 0.407 e. The number of benzene rings is 2. The highest BCUT2D eigenvalue weighted by Gasteiger charge is 2.41. The Morgan fingerprint density at radius 2 is 1.65 bits per heavy atom. The first-order chi connectivity index (χ1) is 32.9. The van der Waals surface area contributed by atoms with Crippen LogP contribution in [-0.2, 0) is 14.3 Å². The summed E-state index contributed by atoms with van der Waals surface area (Å²) in [4.78, 5) is 46.4. The number of methoxy groups -OCH3 is 1. The number of aliphatic hydroxyl groups excluding tert-OH is 1. The van der Waals surface area contributed by atoms with Crippen LogP contribution in [0.3, 0.4) is 0 Å². The molecule has 3 aromatic heterocycles. The lowest BCUT2D eigenvalue weighted by atomic mass is 9.90. The summed E-state index contributed by atoms with van der Waals surface area (Å²) < 4.78 is 37.5. The normalized spacial score (nSPS) is 23.4. The summed E-state index contributed by atoms with van der Waals surface area (Å²) in [6.45, 7) is 9.09. The summed E-state index contributed by atoms with van der Waals surface area (Å²) in [5, 5.41) is 14.8. The first-order valence-corrected chi connectivity index (χ1v) is 24.5. The van der Waals surface area contributed by atoms with Gasteiger partial charge >= 0.3 is 6.09 Å². The van der Waals surface area contributed by atoms with Crippen molar-refractivity contribution >= 4 is 34.0 Å². The SMILES string of the molecule is COC(=O)NC(C(=O)N1CCCC1c1ncc(-c2ccc3c(c2)cc2n3C(c3cccc(OC4CCCC4)c3)OC3=C2C(F)CC(c2cnc(C4CCCN4C(O)C(N)C(C)C)[nH]2)=C3)[nH]1)C(C)C. The van der Waals surface area contributed by atoms with Gasteiger partial charge in [0.25, 0.3) is 0 Å². The van der Waals surface area contributed by atoms with E-state index in [2.05, 4.69) is 32.0 Å². The largest absolute Gasteiger partial charge is 0.490 e. The first-order valence-electron chi connectivity index (χ1n) is 24.5. The van der Waals surface area contributed by atoms with Crippen molar-refractivity contribution in [3.05, 3.63) is 101 Å². The third kappa shape index (κ3) is 8.59. The van der Waals surface area contributed by atoms with Crippen LogP contribution in [0.5, 0.6) is 5.75 Å². The van der Waals surface area contributed by atoms with Gasteiger partial charge in [-0.1, -0.05) is 45.9 Å². The number of H-pyrrole nitrogens is 2. The number of amides is 2. The number of alkyl halides is 1. The minimum atomic E-state index is -1.38. The molecule has 0 spiro atoms. The minimum Gasteiger partial charge on any atom is -0.490 e. The second-order valence-corrected chi connectivity index (χ2v) is 19.9. The van der Waals surface area contributed by atoms with Crippen molar-refractivity contribution in [2.45, 2.75) is 134 Å². The summed E-state index contributed by atoms with van der Waals surface area (Å²) in [7, 11) is 1.29. The van der Waals surface area contributed by atoms with Crippen molar-refractivity contribution in [1.29, 1.82) is 0 Å². The average Bonchev–Trinajstić information content (AvgIpc) is 4.20. The van der Waals surface area contributed by atoms with Crippen molar-refractivity contribution in [2.24, 2.45) is 17.6 Å². The molecular weight excluding hydrogens is 866 g/mol. The number of aromatic nitrogens is 5. The molecule has 2 aromatic carbocycles. The standard InChI is InChI=1S/C52H64FN9O6/c1-28(2)45(54)49(63)60-19-9-15-40(60)47-56-27-38(58-47)32-23-36(53)44-42-24-33-21-30(37-26-55-48(57-37)41-16-10-20-61(41)50(64)46(29(3)4)59-52(65)66-5)17-18-39(33)62(42)51(68-43(44)25-32)31-11-8-14-35(22-31)67-34-12-6-7-13-34/h8,11,14,17-18,21-22,24-29,34,36,40-41,45-46,49,51,63H,6-7,9-10,12-13,15-16,19-20,23,54H2,1-5H3,(H,55,57)(H,56,58)(H,59,65). The summed E-state index contributed by atoms with van der Waals surface area (Å²) in [5.41, 5.74) is 12.5. The van der Waals surface area contributed by atoms with Crippen LogP contribution in [-0.4, -0.2) is 102 Å². The number of carbonyl (C=O) groups is 2. The molecule has 1 saturated carbocycles. The number of halogens is 1. The van der Waals surface area contributed by atoms with Gasteiger partial charge in [-0.05, 0) is 105 Å². The lowest BCUT2D eigenvalue weighted by Crippen LogP contribution is -2.51. The van der Waals surface area contributed by atoms with Crippen LogP contribution in [0.1, 0.15) is 132 Å². The fourth-order valence-electron chi connectivity index (χ4n) is 11.0. The van der Waals surface area contributed by atoms with Crippen molar-refractivity contribution in [1.82, 2.24) is 39.6 Å². The number of fused-ring (bicyclic) bond motifs is 4. The number of rotatable bonds is 13. The van der Waals surface area contributed by atoms with Crippen LogP contribution in [0.25, 0.3) is 33.3 Å². The van der Waals surface area contributed by atoms with Crippen LogP contribution in [0.15, 0.2) is 72.8 Å². The van der Waals surface area contributed by atoms with E-state index in [1.54, 1.807) is 17.3 Å². The van der Waals surface area contributed by atoms with Crippen molar-refractivity contribution in [3.63, 3.8) is 0 Å². The Labute approximate surface area is 396 Å². The Bertz CT molecular complexity index is 2730. The molecule has 3 fully saturated rings. The number of alkyl carbamates (subject to hydrolysis) is 1. The lowest BCUT2D eigenvalue weighted by Gasteiger charge is -2.35. The fourth-order valence-corrected chi connectivity index (χ4v) is 11.0. The van der Waals surface area contributed by atoms with E-state index >= 15 is 4.39 Å². The van der Waals surface area contributed by atoms with Gasteiger partial charge in [-0.15, -0.1) is 0 Å². The van der Waals surface area contributed by atoms with E-state index in [0.717, 1.165) is 102 Å². The number of hydrogen-bond donors (Lipinski definition) is 5. The second-order valence-electron chi connectivity index (χ2n) is 19.9. The summed E-state index contributed by atoms with van der Waals surface area (Å²) in [6, 6.07) is 14.7. The maximum Gasteiger partial charge on any atom is 0.407 e. The van der Waals surface area contributed by atoms with Crippen molar-refractivity contribution in [3.8, 4) is 17.0 Å². The zero-order valence-corrected chi connectivity index (χ0v) is 39.6. The topological polar surface area (TPSA) is 189 Å². The number of likely N-dealkylation sites (tertiary alicyclic amines) is 2. The van der Waals surface area contributed by atoms with E-state index in [1.807, 2.05) is 75.1 Å². The van der Waals surface area contributed by atoms with E-state index in [1.165, 1.54) is 7.11 Å². The molecule has 7 unspecified atom stereocenters. The van der Waals surface area contributed by atoms with Gasteiger partial charge in [0.1, 0.15) is 41.6 Å². The van der Waals surface area contributed by atoms with Crippen LogP contribution in [0, 0.1) is 11.8 Å². The summed E-state index contributed by atoms with van der Waals surface area (Å²) in [5.74, 6) is 2.45. The van der Waals surface area contributed by atoms with E-state index < -0.39 is 36.8 Å². The number of ether oxygens (including phenoxy) is 3. The molecule has 6 N–H and O–H groups in total. The fraction of sp³-hybridized carbons (Fsp3) is 0.500. The number of aliphatic hydroxyl groups is 1. The molecule has 0 bridgehead atoms. The number of nitrogens with one attached hydrogen (secondary N) is 3. The predicted octanol–water partition coefficient (Wildman–Crippen LogP) is 8.67. The molecule has 5 aromatic rings. The van der Waals surface area contributed by atoms with Crippen LogP contribution in [0.4, 0.5) is 9.18 Å². The predicted molar refractivity (Wildman–Crippen MR) is 256 cm³/mol. The quantitative estimate of drug-likeness (QED) is 0.0764. The number of allylic oxidation sites excluding steroid dienone is 3. The number of nitrogens with two attached hydrogens (primary N) is 1. The molecule has 6 heterocycles. The third-order valence-electron chi connectivity index (χ3n) is 14.8. The molecule has 15 nitrogen and oxygen atoms in total. The maximum absolute atomic E-state index is 17.1. The van der Waals surface area contributed by atoms with Crippen LogP contribution >= 0.6 is 0 Å². The highest BCUT2D eigenvalue weighted by molar-refractivity contribution is 5.92. The summed E-state index contributed by atoms with van der Waals surface area (Å²) >= 11 is 0. The molecule has 3 aliphatic heterocycles. The maximum atomic E-state index is 17.1. The molecule has 2 aliphatic carbocycles. The van der Waals surface area contributed by atoms with E-state index in [0.29, 0.717) is 35.9 Å². The van der Waals surface area contributed by atoms with Gasteiger partial charge in [-0.25, -0.2) is 19.2 Å². The molecule has 68 heavy (non-hydrogen) atoms. The Hall–Kier alpha value is -5.97. The van der Waals surface area contributed by atoms with Gasteiger partial charge in [-0.3, -0.25) is 9.69 Å². The van der Waals surface area contributed by atoms with E-state index in [-0.39, 0.29) is 42.4 Å². The van der Waals surface area contributed by atoms with Crippen molar-refractivity contribution < 1.29 is 33.3 Å². The molecule has 0 radical (unpaired) electrons. The van der Waals surface area contributed by atoms with Crippen LogP contribution in [0.2, 0.25) is 0 Å². The van der Waals surface area contributed by atoms with E-state index in [9.17, 15) is 14.7 Å². The molecular formula is C52H64FN9O6. The molecule has 360 valence electrons. The van der Waals surface area contributed by atoms with Crippen molar-refractivity contribution in [2.75, 3.05) is 20.2 Å². The molecule has 2 amide bonds. The zero-order chi connectivity index (χ0) is 47.4. The number of aromatic amines is 2. The number of carbonyl (C=O) groups excluding carboxylic acids is 2. The monoisotopic (exact) mass is 929 g/mol. The Kier molecular flexibility index (Phi) is 12.7. The van der Waals surface area contributed by atoms with Gasteiger partial charge < -0.3 is 49.8 Å². The van der Waals surface area contributed by atoms with Gasteiger partial charge in [0, 0.05) is 42.1 Å². The molecule has 2 saturated heterocycles. The zero-order valence-electron chi connectivity index (χ0n) is 39.6. The van der Waals surface area contributed by atoms with E-state index in [4.69, 9.17) is 29.9 Å². The Morgan fingerprint density at radius 3 is 2.41 bits per heavy atom. The molecule has 10 rings (SSSR count). The summed E-state index contributed by atoms with van der Waals surface area (Å²) in [6.07, 6.45) is 10.0. The Balaban J connectivity index is 0.985. The minimum absolute atomic E-state index is 0.110. The first kappa shape index (κ1) is 45.8.